The van der Waals surface area contributed by atoms with Gasteiger partial charge in [0.25, 0.3) is 0 Å². The molecule has 0 bridgehead atoms. The smallest absolute Gasteiger partial charge is 0.230 e. The summed E-state index contributed by atoms with van der Waals surface area (Å²) in [6, 6.07) is 10.0. The minimum absolute atomic E-state index is 0.0798. The molecule has 3 aromatic rings. The van der Waals surface area contributed by atoms with Crippen molar-refractivity contribution in [3.63, 3.8) is 0 Å². The van der Waals surface area contributed by atoms with E-state index in [2.05, 4.69) is 27.1 Å². The van der Waals surface area contributed by atoms with Gasteiger partial charge in [-0.25, -0.2) is 4.98 Å². The Bertz CT molecular complexity index is 883. The van der Waals surface area contributed by atoms with Crippen molar-refractivity contribution >= 4 is 22.2 Å². The standard InChI is InChI=1S/C17H19N5O2S/c1-12(23)20-7-9-21(10-8-20)14(13-5-3-2-4-6-13)15-16(24)22-17(25-15)18-11-19-22/h2-6,11,14,24H,7-10H2,1H3. The molecule has 1 fully saturated rings. The third-order valence-electron chi connectivity index (χ3n) is 4.63. The molecule has 7 nitrogen and oxygen atoms in total. The van der Waals surface area contributed by atoms with Crippen LogP contribution in [0.3, 0.4) is 0 Å². The zero-order chi connectivity index (χ0) is 17.4. The van der Waals surface area contributed by atoms with E-state index in [9.17, 15) is 9.90 Å². The number of benzene rings is 1. The first kappa shape index (κ1) is 16.0. The van der Waals surface area contributed by atoms with Crippen molar-refractivity contribution in [1.29, 1.82) is 0 Å². The van der Waals surface area contributed by atoms with Crippen molar-refractivity contribution in [2.24, 2.45) is 0 Å². The number of aromatic hydroxyl groups is 1. The Balaban J connectivity index is 1.72. The van der Waals surface area contributed by atoms with Crippen molar-refractivity contribution in [2.45, 2.75) is 13.0 Å². The highest BCUT2D eigenvalue weighted by atomic mass is 32.1. The van der Waals surface area contributed by atoms with E-state index >= 15 is 0 Å². The fourth-order valence-corrected chi connectivity index (χ4v) is 4.42. The topological polar surface area (TPSA) is 74.0 Å². The van der Waals surface area contributed by atoms with Crippen LogP contribution in [0.25, 0.3) is 4.96 Å². The van der Waals surface area contributed by atoms with Gasteiger partial charge in [-0.05, 0) is 5.56 Å². The van der Waals surface area contributed by atoms with Crippen LogP contribution in [0, 0.1) is 0 Å². The number of amides is 1. The van der Waals surface area contributed by atoms with E-state index in [1.54, 1.807) is 6.92 Å². The normalized spacial score (nSPS) is 17.1. The summed E-state index contributed by atoms with van der Waals surface area (Å²) in [7, 11) is 0. The van der Waals surface area contributed by atoms with E-state index < -0.39 is 0 Å². The molecule has 0 aliphatic carbocycles. The molecule has 25 heavy (non-hydrogen) atoms. The molecule has 130 valence electrons. The van der Waals surface area contributed by atoms with Crippen molar-refractivity contribution in [2.75, 3.05) is 26.2 Å². The van der Waals surface area contributed by atoms with Gasteiger partial charge in [0.1, 0.15) is 6.33 Å². The highest BCUT2D eigenvalue weighted by molar-refractivity contribution is 7.17. The van der Waals surface area contributed by atoms with Crippen molar-refractivity contribution < 1.29 is 9.90 Å². The molecule has 0 saturated carbocycles. The first-order chi connectivity index (χ1) is 12.1. The molecule has 0 spiro atoms. The fourth-order valence-electron chi connectivity index (χ4n) is 3.33. The summed E-state index contributed by atoms with van der Waals surface area (Å²) in [5, 5.41) is 14.8. The average molecular weight is 357 g/mol. The monoisotopic (exact) mass is 357 g/mol. The zero-order valence-electron chi connectivity index (χ0n) is 13.9. The third kappa shape index (κ3) is 2.87. The predicted octanol–water partition coefficient (Wildman–Crippen LogP) is 1.75. The quantitative estimate of drug-likeness (QED) is 0.773. The van der Waals surface area contributed by atoms with Crippen molar-refractivity contribution in [1.82, 2.24) is 24.4 Å². The van der Waals surface area contributed by atoms with E-state index in [0.717, 1.165) is 23.5 Å². The number of piperazine rings is 1. The average Bonchev–Trinajstić information content (AvgIpc) is 3.21. The van der Waals surface area contributed by atoms with Crippen LogP contribution in [-0.2, 0) is 4.79 Å². The number of fused-ring (bicyclic) bond motifs is 1. The van der Waals surface area contributed by atoms with E-state index in [4.69, 9.17) is 0 Å². The summed E-state index contributed by atoms with van der Waals surface area (Å²) in [5.74, 6) is 0.248. The predicted molar refractivity (Wildman–Crippen MR) is 94.6 cm³/mol. The van der Waals surface area contributed by atoms with E-state index in [1.165, 1.54) is 22.2 Å². The lowest BCUT2D eigenvalue weighted by molar-refractivity contribution is -0.130. The number of carbonyl (C=O) groups is 1. The molecular weight excluding hydrogens is 338 g/mol. The Morgan fingerprint density at radius 3 is 2.56 bits per heavy atom. The summed E-state index contributed by atoms with van der Waals surface area (Å²) >= 11 is 1.45. The Kier molecular flexibility index (Phi) is 4.14. The molecule has 0 radical (unpaired) electrons. The Morgan fingerprint density at radius 1 is 1.20 bits per heavy atom. The lowest BCUT2D eigenvalue weighted by Crippen LogP contribution is -2.49. The lowest BCUT2D eigenvalue weighted by atomic mass is 10.0. The van der Waals surface area contributed by atoms with Crippen molar-refractivity contribution in [3.8, 4) is 5.88 Å². The molecule has 1 saturated heterocycles. The van der Waals surface area contributed by atoms with Crippen LogP contribution in [-0.4, -0.2) is 61.6 Å². The number of aromatic nitrogens is 3. The molecule has 3 heterocycles. The highest BCUT2D eigenvalue weighted by Gasteiger charge is 2.31. The third-order valence-corrected chi connectivity index (χ3v) is 5.71. The summed E-state index contributed by atoms with van der Waals surface area (Å²) in [5.41, 5.74) is 1.11. The fraction of sp³-hybridized carbons (Fsp3) is 0.353. The second kappa shape index (κ2) is 6.45. The van der Waals surface area contributed by atoms with Gasteiger partial charge in [-0.15, -0.1) is 0 Å². The van der Waals surface area contributed by atoms with Gasteiger partial charge in [0.2, 0.25) is 16.7 Å². The van der Waals surface area contributed by atoms with E-state index in [1.807, 2.05) is 23.1 Å². The molecule has 1 amide bonds. The number of nitrogens with zero attached hydrogens (tertiary/aromatic N) is 5. The highest BCUT2D eigenvalue weighted by Crippen LogP contribution is 2.39. The molecule has 1 aliphatic rings. The van der Waals surface area contributed by atoms with E-state index in [-0.39, 0.29) is 17.8 Å². The SMILES string of the molecule is CC(=O)N1CCN(C(c2ccccc2)c2sc3ncnn3c2O)CC1. The lowest BCUT2D eigenvalue weighted by Gasteiger charge is -2.38. The second-order valence-corrected chi connectivity index (χ2v) is 7.11. The van der Waals surface area contributed by atoms with Gasteiger partial charge in [-0.2, -0.15) is 9.61 Å². The second-order valence-electron chi connectivity index (χ2n) is 6.10. The van der Waals surface area contributed by atoms with Gasteiger partial charge in [0, 0.05) is 33.1 Å². The molecule has 1 atom stereocenters. The van der Waals surface area contributed by atoms with Crippen LogP contribution in [0.1, 0.15) is 23.4 Å². The zero-order valence-corrected chi connectivity index (χ0v) is 14.7. The maximum Gasteiger partial charge on any atom is 0.230 e. The van der Waals surface area contributed by atoms with Crippen LogP contribution >= 0.6 is 11.3 Å². The van der Waals surface area contributed by atoms with Crippen LogP contribution < -0.4 is 0 Å². The number of rotatable bonds is 3. The minimum Gasteiger partial charge on any atom is -0.492 e. The first-order valence-electron chi connectivity index (χ1n) is 8.21. The van der Waals surface area contributed by atoms with Gasteiger partial charge in [-0.3, -0.25) is 9.69 Å². The van der Waals surface area contributed by atoms with Gasteiger partial charge >= 0.3 is 0 Å². The van der Waals surface area contributed by atoms with Crippen LogP contribution in [0.15, 0.2) is 36.7 Å². The summed E-state index contributed by atoms with van der Waals surface area (Å²) < 4.78 is 1.47. The molecule has 1 unspecified atom stereocenters. The molecule has 4 rings (SSSR count). The minimum atomic E-state index is -0.0798. The molecule has 1 aromatic carbocycles. The number of thiazole rings is 1. The molecule has 8 heteroatoms. The summed E-state index contributed by atoms with van der Waals surface area (Å²) in [4.78, 5) is 21.5. The maximum atomic E-state index is 11.6. The van der Waals surface area contributed by atoms with Crippen LogP contribution in [0.4, 0.5) is 0 Å². The molecule has 1 aliphatic heterocycles. The molecule has 1 N–H and O–H groups in total. The first-order valence-corrected chi connectivity index (χ1v) is 9.02. The molecule has 2 aromatic heterocycles. The largest absolute Gasteiger partial charge is 0.492 e. The Hall–Kier alpha value is -2.45. The van der Waals surface area contributed by atoms with Gasteiger partial charge in [0.05, 0.1) is 10.9 Å². The Morgan fingerprint density at radius 2 is 1.92 bits per heavy atom. The van der Waals surface area contributed by atoms with Crippen LogP contribution in [0.2, 0.25) is 0 Å². The molecular formula is C17H19N5O2S. The summed E-state index contributed by atoms with van der Waals surface area (Å²) in [6.07, 6.45) is 1.44. The van der Waals surface area contributed by atoms with Gasteiger partial charge < -0.3 is 10.0 Å². The van der Waals surface area contributed by atoms with Crippen molar-refractivity contribution in [3.05, 3.63) is 47.1 Å². The Labute approximate surface area is 149 Å². The summed E-state index contributed by atoms with van der Waals surface area (Å²) in [6.45, 7) is 4.51. The number of carbonyl (C=O) groups excluding carboxylic acids is 1. The van der Waals surface area contributed by atoms with Gasteiger partial charge in [-0.1, -0.05) is 41.7 Å². The van der Waals surface area contributed by atoms with E-state index in [0.29, 0.717) is 18.1 Å². The maximum absolute atomic E-state index is 11.6. The number of hydrogen-bond acceptors (Lipinski definition) is 6. The van der Waals surface area contributed by atoms with Crippen LogP contribution in [0.5, 0.6) is 5.88 Å². The number of hydrogen-bond donors (Lipinski definition) is 1. The van der Waals surface area contributed by atoms with Gasteiger partial charge in [0.15, 0.2) is 0 Å².